The van der Waals surface area contributed by atoms with Gasteiger partial charge in [0.25, 0.3) is 11.8 Å². The molecule has 0 bridgehead atoms. The van der Waals surface area contributed by atoms with Crippen LogP contribution >= 0.6 is 0 Å². The van der Waals surface area contributed by atoms with Crippen molar-refractivity contribution >= 4 is 0 Å². The maximum atomic E-state index is 5.59. The zero-order valence-corrected chi connectivity index (χ0v) is 9.40. The first-order chi connectivity index (χ1) is 8.25. The van der Waals surface area contributed by atoms with Crippen LogP contribution in [0.1, 0.15) is 0 Å². The van der Waals surface area contributed by atoms with Crippen LogP contribution in [0, 0.1) is 0 Å². The van der Waals surface area contributed by atoms with Crippen molar-refractivity contribution < 1.29 is 4.42 Å². The lowest BCUT2D eigenvalue weighted by atomic mass is 10.4. The molecule has 0 aliphatic carbocycles. The molecule has 0 aliphatic rings. The highest BCUT2D eigenvalue weighted by molar-refractivity contribution is 5.51. The van der Waals surface area contributed by atoms with Gasteiger partial charge in [0.05, 0.1) is 0 Å². The monoisotopic (exact) mass is 230 g/mol. The molecule has 0 N–H and O–H groups in total. The van der Waals surface area contributed by atoms with Gasteiger partial charge in [-0.2, -0.15) is 10.2 Å². The van der Waals surface area contributed by atoms with Gasteiger partial charge in [0.2, 0.25) is 0 Å². The second kappa shape index (κ2) is 3.55. The fourth-order valence-corrected chi connectivity index (χ4v) is 1.60. The third-order valence-electron chi connectivity index (χ3n) is 2.51. The van der Waals surface area contributed by atoms with Gasteiger partial charge in [-0.15, -0.1) is 10.2 Å². The van der Waals surface area contributed by atoms with Gasteiger partial charge < -0.3 is 4.42 Å². The van der Waals surface area contributed by atoms with Gasteiger partial charge in [-0.05, 0) is 12.1 Å². The van der Waals surface area contributed by atoms with Crippen molar-refractivity contribution in [3.8, 4) is 23.2 Å². The fraction of sp³-hybridized carbons (Fsp3) is 0.200. The molecule has 7 nitrogen and oxygen atoms in total. The summed E-state index contributed by atoms with van der Waals surface area (Å²) in [5.74, 6) is 0.891. The van der Waals surface area contributed by atoms with Crippen LogP contribution in [-0.4, -0.2) is 29.8 Å². The van der Waals surface area contributed by atoms with Crippen molar-refractivity contribution in [2.75, 3.05) is 0 Å². The Labute approximate surface area is 96.7 Å². The third kappa shape index (κ3) is 1.52. The van der Waals surface area contributed by atoms with E-state index in [2.05, 4.69) is 20.4 Å². The fourth-order valence-electron chi connectivity index (χ4n) is 1.60. The first-order valence-electron chi connectivity index (χ1n) is 5.06. The summed E-state index contributed by atoms with van der Waals surface area (Å²) in [7, 11) is 3.65. The van der Waals surface area contributed by atoms with E-state index >= 15 is 0 Å². The van der Waals surface area contributed by atoms with E-state index in [0.717, 1.165) is 11.4 Å². The Morgan fingerprint density at radius 2 is 1.35 bits per heavy atom. The molecule has 0 aliphatic heterocycles. The topological polar surface area (TPSA) is 74.6 Å². The molecule has 0 amide bonds. The highest BCUT2D eigenvalue weighted by Gasteiger charge is 2.14. The summed E-state index contributed by atoms with van der Waals surface area (Å²) in [6, 6.07) is 3.64. The van der Waals surface area contributed by atoms with Gasteiger partial charge in [-0.1, -0.05) is 0 Å². The van der Waals surface area contributed by atoms with Crippen molar-refractivity contribution in [1.82, 2.24) is 29.8 Å². The first-order valence-corrected chi connectivity index (χ1v) is 5.06. The van der Waals surface area contributed by atoms with Crippen LogP contribution in [0.25, 0.3) is 23.2 Å². The van der Waals surface area contributed by atoms with Crippen LogP contribution in [0.2, 0.25) is 0 Å². The summed E-state index contributed by atoms with van der Waals surface area (Å²) in [5, 5.41) is 16.1. The predicted octanol–water partition coefficient (Wildman–Crippen LogP) is 0.871. The summed E-state index contributed by atoms with van der Waals surface area (Å²) >= 11 is 0. The minimum atomic E-state index is 0.446. The number of aromatic nitrogens is 6. The highest BCUT2D eigenvalue weighted by Crippen LogP contribution is 2.22. The number of nitrogens with zero attached hydrogens (tertiary/aromatic N) is 6. The normalized spacial score (nSPS) is 10.9. The first kappa shape index (κ1) is 9.76. The number of rotatable bonds is 2. The summed E-state index contributed by atoms with van der Waals surface area (Å²) in [6.07, 6.45) is 3.37. The Bertz CT molecular complexity index is 594. The standard InChI is InChI=1S/C10H10N6O/c1-15-7(3-5-11-15)9-13-14-10(17-9)8-4-6-12-16(8)2/h3-6H,1-2H3. The summed E-state index contributed by atoms with van der Waals surface area (Å²) < 4.78 is 8.95. The van der Waals surface area contributed by atoms with E-state index in [4.69, 9.17) is 4.42 Å². The quantitative estimate of drug-likeness (QED) is 0.653. The van der Waals surface area contributed by atoms with Gasteiger partial charge in [0.15, 0.2) is 0 Å². The molecule has 0 aromatic carbocycles. The molecule has 0 saturated heterocycles. The molecule has 0 radical (unpaired) electrons. The maximum absolute atomic E-state index is 5.59. The molecule has 7 heteroatoms. The minimum Gasteiger partial charge on any atom is -0.413 e. The summed E-state index contributed by atoms with van der Waals surface area (Å²) in [5.41, 5.74) is 1.57. The van der Waals surface area contributed by atoms with E-state index in [9.17, 15) is 0 Å². The molecule has 3 heterocycles. The van der Waals surface area contributed by atoms with Crippen LogP contribution in [-0.2, 0) is 14.1 Å². The SMILES string of the molecule is Cn1nccc1-c1nnc(-c2ccnn2C)o1. The molecule has 0 unspecified atom stereocenters. The number of hydrogen-bond acceptors (Lipinski definition) is 5. The lowest BCUT2D eigenvalue weighted by Crippen LogP contribution is -1.93. The van der Waals surface area contributed by atoms with Crippen LogP contribution in [0.15, 0.2) is 28.9 Å². The molecule has 0 spiro atoms. The van der Waals surface area contributed by atoms with Crippen LogP contribution < -0.4 is 0 Å². The smallest absolute Gasteiger partial charge is 0.266 e. The number of aryl methyl sites for hydroxylation is 2. The van der Waals surface area contributed by atoms with Gasteiger partial charge in [-0.25, -0.2) is 0 Å². The summed E-state index contributed by atoms with van der Waals surface area (Å²) in [4.78, 5) is 0. The molecule has 0 saturated carbocycles. The maximum Gasteiger partial charge on any atom is 0.266 e. The van der Waals surface area contributed by atoms with Crippen molar-refractivity contribution in [2.24, 2.45) is 14.1 Å². The van der Waals surface area contributed by atoms with Gasteiger partial charge in [0.1, 0.15) is 11.4 Å². The van der Waals surface area contributed by atoms with Gasteiger partial charge in [0, 0.05) is 26.5 Å². The van der Waals surface area contributed by atoms with Crippen LogP contribution in [0.4, 0.5) is 0 Å². The molecule has 17 heavy (non-hydrogen) atoms. The Hall–Kier alpha value is -2.44. The average molecular weight is 230 g/mol. The lowest BCUT2D eigenvalue weighted by Gasteiger charge is -1.95. The van der Waals surface area contributed by atoms with E-state index in [1.165, 1.54) is 0 Å². The molecule has 86 valence electrons. The zero-order valence-electron chi connectivity index (χ0n) is 9.40. The van der Waals surface area contributed by atoms with Gasteiger partial charge in [-0.3, -0.25) is 9.36 Å². The molecule has 3 rings (SSSR count). The second-order valence-corrected chi connectivity index (χ2v) is 3.59. The van der Waals surface area contributed by atoms with E-state index in [1.54, 1.807) is 21.8 Å². The van der Waals surface area contributed by atoms with E-state index in [1.807, 2.05) is 26.2 Å². The second-order valence-electron chi connectivity index (χ2n) is 3.59. The molecular formula is C10H10N6O. The van der Waals surface area contributed by atoms with Crippen molar-refractivity contribution in [1.29, 1.82) is 0 Å². The van der Waals surface area contributed by atoms with Crippen LogP contribution in [0.3, 0.4) is 0 Å². The molecule has 0 fully saturated rings. The van der Waals surface area contributed by atoms with E-state index in [0.29, 0.717) is 11.8 Å². The largest absolute Gasteiger partial charge is 0.413 e. The van der Waals surface area contributed by atoms with Crippen molar-refractivity contribution in [3.05, 3.63) is 24.5 Å². The Morgan fingerprint density at radius 3 is 1.71 bits per heavy atom. The lowest BCUT2D eigenvalue weighted by molar-refractivity contribution is 0.566. The molecular weight excluding hydrogens is 220 g/mol. The predicted molar refractivity (Wildman–Crippen MR) is 58.7 cm³/mol. The average Bonchev–Trinajstić information content (AvgIpc) is 2.97. The molecule has 3 aromatic heterocycles. The van der Waals surface area contributed by atoms with Crippen molar-refractivity contribution in [3.63, 3.8) is 0 Å². The minimum absolute atomic E-state index is 0.446. The third-order valence-corrected chi connectivity index (χ3v) is 2.51. The summed E-state index contributed by atoms with van der Waals surface area (Å²) in [6.45, 7) is 0. The van der Waals surface area contributed by atoms with Crippen molar-refractivity contribution in [2.45, 2.75) is 0 Å². The Kier molecular flexibility index (Phi) is 2.04. The van der Waals surface area contributed by atoms with Gasteiger partial charge >= 0.3 is 0 Å². The molecule has 3 aromatic rings. The Balaban J connectivity index is 2.05. The highest BCUT2D eigenvalue weighted by atomic mass is 16.4. The molecule has 0 atom stereocenters. The van der Waals surface area contributed by atoms with Crippen LogP contribution in [0.5, 0.6) is 0 Å². The van der Waals surface area contributed by atoms with E-state index in [-0.39, 0.29) is 0 Å². The Morgan fingerprint density at radius 1 is 0.882 bits per heavy atom. The number of hydrogen-bond donors (Lipinski definition) is 0. The van der Waals surface area contributed by atoms with E-state index < -0.39 is 0 Å². The zero-order chi connectivity index (χ0) is 11.8.